The van der Waals surface area contributed by atoms with E-state index in [9.17, 15) is 9.59 Å². The summed E-state index contributed by atoms with van der Waals surface area (Å²) in [6.45, 7) is 6.92. The standard InChI is InChI=1S/C17H27N3O3/c1-11(2)10-20-12(3)14(9-18-20)16(21)19-15-8-6-5-7-13(15)17(22)23-4/h9,11,13,15H,5-8,10H2,1-4H3,(H,19,21)/t13-,15-/m0/s1. The summed E-state index contributed by atoms with van der Waals surface area (Å²) in [6.07, 6.45) is 5.21. The fourth-order valence-corrected chi connectivity index (χ4v) is 3.18. The Bertz CT molecular complexity index is 565. The van der Waals surface area contributed by atoms with Crippen LogP contribution in [0.4, 0.5) is 0 Å². The molecule has 1 heterocycles. The zero-order chi connectivity index (χ0) is 17.0. The molecule has 128 valence electrons. The molecule has 1 saturated carbocycles. The van der Waals surface area contributed by atoms with E-state index < -0.39 is 0 Å². The Morgan fingerprint density at radius 2 is 2.09 bits per heavy atom. The summed E-state index contributed by atoms with van der Waals surface area (Å²) in [5.41, 5.74) is 1.45. The third kappa shape index (κ3) is 4.12. The second kappa shape index (κ2) is 7.62. The molecule has 6 heteroatoms. The van der Waals surface area contributed by atoms with Crippen LogP contribution in [0.1, 0.15) is 55.6 Å². The molecule has 23 heavy (non-hydrogen) atoms. The highest BCUT2D eigenvalue weighted by molar-refractivity contribution is 5.95. The Morgan fingerprint density at radius 1 is 1.39 bits per heavy atom. The topological polar surface area (TPSA) is 73.2 Å². The number of amides is 1. The lowest BCUT2D eigenvalue weighted by atomic mass is 9.84. The van der Waals surface area contributed by atoms with E-state index in [-0.39, 0.29) is 23.8 Å². The highest BCUT2D eigenvalue weighted by atomic mass is 16.5. The van der Waals surface area contributed by atoms with E-state index in [0.29, 0.717) is 11.5 Å². The van der Waals surface area contributed by atoms with Crippen molar-refractivity contribution in [1.29, 1.82) is 0 Å². The van der Waals surface area contributed by atoms with Crippen LogP contribution in [0.2, 0.25) is 0 Å². The smallest absolute Gasteiger partial charge is 0.310 e. The van der Waals surface area contributed by atoms with Gasteiger partial charge in [-0.1, -0.05) is 26.7 Å². The van der Waals surface area contributed by atoms with Crippen molar-refractivity contribution in [2.75, 3.05) is 7.11 Å². The van der Waals surface area contributed by atoms with Gasteiger partial charge in [-0.3, -0.25) is 14.3 Å². The first-order valence-corrected chi connectivity index (χ1v) is 8.35. The zero-order valence-electron chi connectivity index (χ0n) is 14.5. The molecule has 0 spiro atoms. The molecule has 1 amide bonds. The summed E-state index contributed by atoms with van der Waals surface area (Å²) in [5, 5.41) is 7.32. The SMILES string of the molecule is COC(=O)[C@H]1CCCC[C@@H]1NC(=O)c1cnn(CC(C)C)c1C. The highest BCUT2D eigenvalue weighted by Gasteiger charge is 2.33. The van der Waals surface area contributed by atoms with Gasteiger partial charge in [0.15, 0.2) is 0 Å². The number of aromatic nitrogens is 2. The molecule has 1 aromatic heterocycles. The van der Waals surface area contributed by atoms with Gasteiger partial charge in [-0.05, 0) is 25.7 Å². The van der Waals surface area contributed by atoms with Crippen LogP contribution in [-0.4, -0.2) is 34.8 Å². The molecule has 0 bridgehead atoms. The van der Waals surface area contributed by atoms with Crippen molar-refractivity contribution in [2.24, 2.45) is 11.8 Å². The number of hydrogen-bond donors (Lipinski definition) is 1. The van der Waals surface area contributed by atoms with Crippen molar-refractivity contribution in [3.8, 4) is 0 Å². The van der Waals surface area contributed by atoms with Crippen molar-refractivity contribution in [1.82, 2.24) is 15.1 Å². The Hall–Kier alpha value is -1.85. The number of nitrogens with zero attached hydrogens (tertiary/aromatic N) is 2. The number of methoxy groups -OCH3 is 1. The van der Waals surface area contributed by atoms with E-state index in [1.54, 1.807) is 6.20 Å². The third-order valence-corrected chi connectivity index (χ3v) is 4.47. The molecule has 2 atom stereocenters. The number of esters is 1. The van der Waals surface area contributed by atoms with Crippen molar-refractivity contribution < 1.29 is 14.3 Å². The van der Waals surface area contributed by atoms with Gasteiger partial charge in [0.25, 0.3) is 5.91 Å². The molecule has 2 rings (SSSR count). The first kappa shape index (κ1) is 17.5. The van der Waals surface area contributed by atoms with Gasteiger partial charge in [-0.15, -0.1) is 0 Å². The van der Waals surface area contributed by atoms with Crippen LogP contribution in [0.3, 0.4) is 0 Å². The first-order chi connectivity index (χ1) is 10.9. The van der Waals surface area contributed by atoms with E-state index in [1.165, 1.54) is 7.11 Å². The molecule has 0 aliphatic heterocycles. The molecular formula is C17H27N3O3. The van der Waals surface area contributed by atoms with Crippen molar-refractivity contribution in [3.63, 3.8) is 0 Å². The van der Waals surface area contributed by atoms with Crippen LogP contribution in [0.5, 0.6) is 0 Å². The Morgan fingerprint density at radius 3 is 2.74 bits per heavy atom. The Balaban J connectivity index is 2.08. The van der Waals surface area contributed by atoms with Gasteiger partial charge in [0.2, 0.25) is 0 Å². The van der Waals surface area contributed by atoms with Gasteiger partial charge in [0.05, 0.1) is 24.8 Å². The van der Waals surface area contributed by atoms with Crippen molar-refractivity contribution >= 4 is 11.9 Å². The Labute approximate surface area is 137 Å². The molecule has 0 radical (unpaired) electrons. The number of carbonyl (C=O) groups is 2. The summed E-state index contributed by atoms with van der Waals surface area (Å²) in [6, 6.07) is -0.156. The molecule has 1 aliphatic carbocycles. The lowest BCUT2D eigenvalue weighted by Gasteiger charge is -2.30. The molecule has 1 aromatic rings. The monoisotopic (exact) mass is 321 g/mol. The van der Waals surface area contributed by atoms with Crippen LogP contribution in [-0.2, 0) is 16.1 Å². The molecule has 0 saturated heterocycles. The van der Waals surface area contributed by atoms with Gasteiger partial charge in [-0.2, -0.15) is 5.10 Å². The lowest BCUT2D eigenvalue weighted by Crippen LogP contribution is -2.45. The minimum absolute atomic E-state index is 0.154. The number of carbonyl (C=O) groups excluding carboxylic acids is 2. The highest BCUT2D eigenvalue weighted by Crippen LogP contribution is 2.26. The van der Waals surface area contributed by atoms with Gasteiger partial charge in [-0.25, -0.2) is 0 Å². The normalized spacial score (nSPS) is 21.3. The van der Waals surface area contributed by atoms with Gasteiger partial charge >= 0.3 is 5.97 Å². The number of nitrogens with one attached hydrogen (secondary N) is 1. The summed E-state index contributed by atoms with van der Waals surface area (Å²) < 4.78 is 6.73. The van der Waals surface area contributed by atoms with E-state index in [4.69, 9.17) is 4.74 Å². The number of rotatable bonds is 5. The predicted molar refractivity (Wildman–Crippen MR) is 87.0 cm³/mol. The molecule has 1 aliphatic rings. The molecule has 0 unspecified atom stereocenters. The zero-order valence-corrected chi connectivity index (χ0v) is 14.5. The quantitative estimate of drug-likeness (QED) is 0.845. The van der Waals surface area contributed by atoms with E-state index in [1.807, 2.05) is 11.6 Å². The average Bonchev–Trinajstić information content (AvgIpc) is 2.87. The fraction of sp³-hybridized carbons (Fsp3) is 0.706. The fourth-order valence-electron chi connectivity index (χ4n) is 3.18. The Kier molecular flexibility index (Phi) is 5.80. The minimum Gasteiger partial charge on any atom is -0.469 e. The van der Waals surface area contributed by atoms with Crippen LogP contribution < -0.4 is 5.32 Å². The summed E-state index contributed by atoms with van der Waals surface area (Å²) in [4.78, 5) is 24.5. The second-order valence-electron chi connectivity index (χ2n) is 6.71. The minimum atomic E-state index is -0.247. The predicted octanol–water partition coefficient (Wildman–Crippen LogP) is 2.31. The largest absolute Gasteiger partial charge is 0.469 e. The van der Waals surface area contributed by atoms with Crippen LogP contribution in [0.25, 0.3) is 0 Å². The third-order valence-electron chi connectivity index (χ3n) is 4.47. The number of ether oxygens (including phenoxy) is 1. The van der Waals surface area contributed by atoms with Gasteiger partial charge < -0.3 is 10.1 Å². The maximum Gasteiger partial charge on any atom is 0.310 e. The van der Waals surface area contributed by atoms with Crippen LogP contribution in [0.15, 0.2) is 6.20 Å². The first-order valence-electron chi connectivity index (χ1n) is 8.35. The average molecular weight is 321 g/mol. The lowest BCUT2D eigenvalue weighted by molar-refractivity contribution is -0.147. The second-order valence-corrected chi connectivity index (χ2v) is 6.71. The summed E-state index contributed by atoms with van der Waals surface area (Å²) in [5.74, 6) is -0.171. The van der Waals surface area contributed by atoms with Crippen molar-refractivity contribution in [2.45, 2.75) is 59.0 Å². The molecule has 0 aromatic carbocycles. The van der Waals surface area contributed by atoms with Crippen LogP contribution >= 0.6 is 0 Å². The molecule has 1 fully saturated rings. The van der Waals surface area contributed by atoms with E-state index in [2.05, 4.69) is 24.3 Å². The van der Waals surface area contributed by atoms with Crippen molar-refractivity contribution in [3.05, 3.63) is 17.5 Å². The van der Waals surface area contributed by atoms with E-state index >= 15 is 0 Å². The molecule has 1 N–H and O–H groups in total. The molecular weight excluding hydrogens is 294 g/mol. The summed E-state index contributed by atoms with van der Waals surface area (Å²) >= 11 is 0. The summed E-state index contributed by atoms with van der Waals surface area (Å²) in [7, 11) is 1.40. The number of hydrogen-bond acceptors (Lipinski definition) is 4. The molecule has 6 nitrogen and oxygen atoms in total. The van der Waals surface area contributed by atoms with Gasteiger partial charge in [0.1, 0.15) is 0 Å². The van der Waals surface area contributed by atoms with Gasteiger partial charge in [0, 0.05) is 18.3 Å². The maximum atomic E-state index is 12.6. The van der Waals surface area contributed by atoms with E-state index in [0.717, 1.165) is 37.9 Å². The maximum absolute atomic E-state index is 12.6. The van der Waals surface area contributed by atoms with Crippen LogP contribution in [0, 0.1) is 18.8 Å².